The number of ether oxygens (including phenoxy) is 1. The van der Waals surface area contributed by atoms with E-state index in [0.717, 1.165) is 36.1 Å². The molecule has 1 aliphatic carbocycles. The lowest BCUT2D eigenvalue weighted by atomic mass is 9.95. The number of aromatic nitrogens is 2. The van der Waals surface area contributed by atoms with E-state index in [1.807, 2.05) is 0 Å². The van der Waals surface area contributed by atoms with Crippen LogP contribution in [0.3, 0.4) is 0 Å². The molecule has 0 aliphatic heterocycles. The van der Waals surface area contributed by atoms with Crippen molar-refractivity contribution in [3.63, 3.8) is 0 Å². The van der Waals surface area contributed by atoms with E-state index in [2.05, 4.69) is 10.4 Å². The maximum atomic E-state index is 12.7. The molecule has 28 heavy (non-hydrogen) atoms. The fourth-order valence-electron chi connectivity index (χ4n) is 3.15. The first-order valence-electron chi connectivity index (χ1n) is 9.22. The highest BCUT2D eigenvalue weighted by Crippen LogP contribution is 2.39. The molecule has 1 atom stereocenters. The summed E-state index contributed by atoms with van der Waals surface area (Å²) in [6.45, 7) is 5.19. The first kappa shape index (κ1) is 20.1. The van der Waals surface area contributed by atoms with E-state index in [-0.39, 0.29) is 17.7 Å². The molecule has 2 aromatic heterocycles. The number of esters is 1. The molecule has 0 saturated carbocycles. The highest BCUT2D eigenvalue weighted by molar-refractivity contribution is 7.17. The number of nitrogens with zero attached hydrogens (tertiary/aromatic N) is 2. The summed E-state index contributed by atoms with van der Waals surface area (Å²) in [4.78, 5) is 37.5. The molecule has 3 rings (SSSR count). The van der Waals surface area contributed by atoms with E-state index in [0.29, 0.717) is 10.6 Å². The van der Waals surface area contributed by atoms with Gasteiger partial charge in [-0.2, -0.15) is 5.10 Å². The van der Waals surface area contributed by atoms with Crippen LogP contribution in [0.1, 0.15) is 70.9 Å². The number of carboxylic acids is 1. The largest absolute Gasteiger partial charge is 0.476 e. The van der Waals surface area contributed by atoms with Gasteiger partial charge < -0.3 is 15.2 Å². The molecule has 2 N–H and O–H groups in total. The van der Waals surface area contributed by atoms with Crippen molar-refractivity contribution in [3.8, 4) is 0 Å². The molecule has 1 unspecified atom stereocenters. The normalized spacial score (nSPS) is 14.4. The minimum atomic E-state index is -1.16. The standard InChI is InChI=1S/C19H23N3O5S/c1-10(2)27-19(26)15-12-6-4-5-7-14(12)28-17(15)20-16(23)11(3)22-9-8-13(21-22)18(24)25/h8-11H,4-7H2,1-3H3,(H,20,23)(H,24,25). The first-order valence-corrected chi connectivity index (χ1v) is 10.0. The zero-order chi connectivity index (χ0) is 20.4. The van der Waals surface area contributed by atoms with E-state index in [9.17, 15) is 14.4 Å². The van der Waals surface area contributed by atoms with Crippen LogP contribution in [-0.2, 0) is 22.4 Å². The fraction of sp³-hybridized carbons (Fsp3) is 0.474. The molecule has 1 aliphatic rings. The Hall–Kier alpha value is -2.68. The van der Waals surface area contributed by atoms with E-state index in [1.165, 1.54) is 28.3 Å². The van der Waals surface area contributed by atoms with Gasteiger partial charge in [-0.05, 0) is 58.1 Å². The van der Waals surface area contributed by atoms with Gasteiger partial charge in [-0.15, -0.1) is 11.3 Å². The molecule has 0 fully saturated rings. The lowest BCUT2D eigenvalue weighted by Gasteiger charge is -2.15. The van der Waals surface area contributed by atoms with Crippen molar-refractivity contribution in [2.75, 3.05) is 5.32 Å². The molecule has 150 valence electrons. The van der Waals surface area contributed by atoms with Gasteiger partial charge in [0.05, 0.1) is 11.7 Å². The summed E-state index contributed by atoms with van der Waals surface area (Å²) < 4.78 is 6.68. The van der Waals surface area contributed by atoms with Gasteiger partial charge in [0.2, 0.25) is 5.91 Å². The predicted molar refractivity (Wildman–Crippen MR) is 104 cm³/mol. The number of carboxylic acid groups (broad SMARTS) is 1. The summed E-state index contributed by atoms with van der Waals surface area (Å²) in [6, 6.07) is 0.600. The van der Waals surface area contributed by atoms with Gasteiger partial charge in [-0.25, -0.2) is 9.59 Å². The van der Waals surface area contributed by atoms with Gasteiger partial charge in [-0.3, -0.25) is 9.48 Å². The van der Waals surface area contributed by atoms with Crippen LogP contribution in [0.2, 0.25) is 0 Å². The Morgan fingerprint density at radius 3 is 2.61 bits per heavy atom. The zero-order valence-electron chi connectivity index (χ0n) is 16.0. The minimum absolute atomic E-state index is 0.132. The highest BCUT2D eigenvalue weighted by atomic mass is 32.1. The summed E-state index contributed by atoms with van der Waals surface area (Å²) in [5.41, 5.74) is 1.28. The number of aromatic carboxylic acids is 1. The SMILES string of the molecule is CC(C)OC(=O)c1c(NC(=O)C(C)n2ccc(C(=O)O)n2)sc2c1CCCC2. The number of hydrogen-bond acceptors (Lipinski definition) is 6. The van der Waals surface area contributed by atoms with Crippen molar-refractivity contribution in [1.82, 2.24) is 9.78 Å². The first-order chi connectivity index (χ1) is 13.3. The number of thiophene rings is 1. The highest BCUT2D eigenvalue weighted by Gasteiger charge is 2.29. The molecule has 1 amide bonds. The maximum absolute atomic E-state index is 12.7. The summed E-state index contributed by atoms with van der Waals surface area (Å²) in [5.74, 6) is -1.96. The van der Waals surface area contributed by atoms with Crippen LogP contribution < -0.4 is 5.32 Å². The van der Waals surface area contributed by atoms with Crippen molar-refractivity contribution in [2.24, 2.45) is 0 Å². The summed E-state index contributed by atoms with van der Waals surface area (Å²) in [5, 5.41) is 16.2. The van der Waals surface area contributed by atoms with Crippen molar-refractivity contribution < 1.29 is 24.2 Å². The molecule has 0 saturated heterocycles. The van der Waals surface area contributed by atoms with Crippen LogP contribution in [0.4, 0.5) is 5.00 Å². The average Bonchev–Trinajstić information content (AvgIpc) is 3.25. The van der Waals surface area contributed by atoms with Crippen LogP contribution in [0.5, 0.6) is 0 Å². The lowest BCUT2D eigenvalue weighted by Crippen LogP contribution is -2.25. The lowest BCUT2D eigenvalue weighted by molar-refractivity contribution is -0.119. The number of hydrogen-bond donors (Lipinski definition) is 2. The number of fused-ring (bicyclic) bond motifs is 1. The van der Waals surface area contributed by atoms with Crippen LogP contribution in [0, 0.1) is 0 Å². The van der Waals surface area contributed by atoms with Crippen molar-refractivity contribution in [2.45, 2.75) is 58.6 Å². The Balaban J connectivity index is 1.86. The monoisotopic (exact) mass is 405 g/mol. The van der Waals surface area contributed by atoms with Gasteiger partial charge in [0, 0.05) is 11.1 Å². The van der Waals surface area contributed by atoms with Gasteiger partial charge in [0.15, 0.2) is 5.69 Å². The third-order valence-electron chi connectivity index (χ3n) is 4.56. The number of carbonyl (C=O) groups is 3. The number of nitrogens with one attached hydrogen (secondary N) is 1. The molecule has 2 heterocycles. The second-order valence-corrected chi connectivity index (χ2v) is 8.13. The Bertz CT molecular complexity index is 915. The van der Waals surface area contributed by atoms with Gasteiger partial charge >= 0.3 is 11.9 Å². The number of amides is 1. The van der Waals surface area contributed by atoms with Gasteiger partial charge in [0.1, 0.15) is 11.0 Å². The molecular weight excluding hydrogens is 382 g/mol. The molecule has 0 bridgehead atoms. The van der Waals surface area contributed by atoms with E-state index < -0.39 is 18.0 Å². The summed E-state index contributed by atoms with van der Waals surface area (Å²) in [6.07, 6.45) is 4.92. The number of carbonyl (C=O) groups excluding carboxylic acids is 2. The van der Waals surface area contributed by atoms with E-state index in [4.69, 9.17) is 9.84 Å². The van der Waals surface area contributed by atoms with Crippen LogP contribution >= 0.6 is 11.3 Å². The van der Waals surface area contributed by atoms with Crippen LogP contribution in [0.15, 0.2) is 12.3 Å². The van der Waals surface area contributed by atoms with Crippen molar-refractivity contribution >= 4 is 34.2 Å². The minimum Gasteiger partial charge on any atom is -0.476 e. The maximum Gasteiger partial charge on any atom is 0.356 e. The molecule has 0 spiro atoms. The van der Waals surface area contributed by atoms with Crippen LogP contribution in [-0.4, -0.2) is 38.8 Å². The average molecular weight is 405 g/mol. The summed E-state index contributed by atoms with van der Waals surface area (Å²) in [7, 11) is 0. The Kier molecular flexibility index (Phi) is 5.83. The van der Waals surface area contributed by atoms with E-state index >= 15 is 0 Å². The topological polar surface area (TPSA) is 111 Å². The number of aryl methyl sites for hydroxylation is 1. The Labute approximate surface area is 166 Å². The predicted octanol–water partition coefficient (Wildman–Crippen LogP) is 3.29. The zero-order valence-corrected chi connectivity index (χ0v) is 16.8. The Morgan fingerprint density at radius 2 is 1.96 bits per heavy atom. The molecular formula is C19H23N3O5S. The van der Waals surface area contributed by atoms with Gasteiger partial charge in [-0.1, -0.05) is 0 Å². The quantitative estimate of drug-likeness (QED) is 0.714. The molecule has 0 aromatic carbocycles. The molecule has 2 aromatic rings. The van der Waals surface area contributed by atoms with E-state index in [1.54, 1.807) is 20.8 Å². The second-order valence-electron chi connectivity index (χ2n) is 7.02. The third kappa shape index (κ3) is 4.09. The Morgan fingerprint density at radius 1 is 1.25 bits per heavy atom. The number of rotatable bonds is 6. The van der Waals surface area contributed by atoms with Crippen molar-refractivity contribution in [3.05, 3.63) is 34.0 Å². The van der Waals surface area contributed by atoms with Gasteiger partial charge in [0.25, 0.3) is 0 Å². The number of anilines is 1. The summed E-state index contributed by atoms with van der Waals surface area (Å²) >= 11 is 1.41. The van der Waals surface area contributed by atoms with Crippen LogP contribution in [0.25, 0.3) is 0 Å². The molecule has 9 heteroatoms. The second kappa shape index (κ2) is 8.14. The third-order valence-corrected chi connectivity index (χ3v) is 5.77. The molecule has 8 nitrogen and oxygen atoms in total. The smallest absolute Gasteiger partial charge is 0.356 e. The molecule has 0 radical (unpaired) electrons. The van der Waals surface area contributed by atoms with Crippen molar-refractivity contribution in [1.29, 1.82) is 0 Å². The fourth-order valence-corrected chi connectivity index (χ4v) is 4.43.